The molecule has 0 radical (unpaired) electrons. The third kappa shape index (κ3) is 5.90. The van der Waals surface area contributed by atoms with E-state index in [0.29, 0.717) is 35.4 Å². The molecule has 2 aromatic carbocycles. The van der Waals surface area contributed by atoms with E-state index in [9.17, 15) is 4.79 Å². The highest BCUT2D eigenvalue weighted by molar-refractivity contribution is 6.35. The molecule has 6 heteroatoms. The van der Waals surface area contributed by atoms with Crippen LogP contribution in [0.1, 0.15) is 42.3 Å². The maximum atomic E-state index is 12.5. The van der Waals surface area contributed by atoms with Crippen LogP contribution < -0.4 is 10.1 Å². The van der Waals surface area contributed by atoms with Crippen LogP contribution in [0.2, 0.25) is 10.0 Å². The molecule has 4 nitrogen and oxygen atoms in total. The van der Waals surface area contributed by atoms with Crippen molar-refractivity contribution in [3.8, 4) is 5.75 Å². The fraction of sp³-hybridized carbons (Fsp3) is 0.350. The highest BCUT2D eigenvalue weighted by Crippen LogP contribution is 2.23. The second kappa shape index (κ2) is 9.81. The molecule has 2 aromatic rings. The molecule has 0 aromatic heterocycles. The number of halogens is 2. The van der Waals surface area contributed by atoms with E-state index >= 15 is 0 Å². The highest BCUT2D eigenvalue weighted by Gasteiger charge is 2.12. The monoisotopic (exact) mass is 395 g/mol. The van der Waals surface area contributed by atoms with Gasteiger partial charge in [0.15, 0.2) is 0 Å². The zero-order valence-electron chi connectivity index (χ0n) is 15.1. The van der Waals surface area contributed by atoms with Crippen molar-refractivity contribution in [2.75, 3.05) is 6.61 Å². The van der Waals surface area contributed by atoms with Crippen molar-refractivity contribution in [2.45, 2.75) is 40.0 Å². The van der Waals surface area contributed by atoms with Gasteiger partial charge in [-0.1, -0.05) is 29.3 Å². The Bertz CT molecular complexity index is 763. The van der Waals surface area contributed by atoms with Gasteiger partial charge in [0.2, 0.25) is 0 Å². The summed E-state index contributed by atoms with van der Waals surface area (Å²) in [5, 5.41) is 3.96. The van der Waals surface area contributed by atoms with E-state index in [1.807, 2.05) is 20.8 Å². The maximum Gasteiger partial charge on any atom is 0.251 e. The number of carbonyl (C=O) groups is 1. The van der Waals surface area contributed by atoms with Crippen LogP contribution in [-0.4, -0.2) is 18.6 Å². The van der Waals surface area contributed by atoms with Crippen molar-refractivity contribution in [3.05, 3.63) is 63.1 Å². The second-order valence-electron chi connectivity index (χ2n) is 6.03. The summed E-state index contributed by atoms with van der Waals surface area (Å²) in [5.74, 6) is 0.537. The minimum Gasteiger partial charge on any atom is -0.494 e. The van der Waals surface area contributed by atoms with Crippen LogP contribution in [-0.2, 0) is 17.9 Å². The molecule has 140 valence electrons. The van der Waals surface area contributed by atoms with Gasteiger partial charge in [0, 0.05) is 27.7 Å². The maximum absolute atomic E-state index is 12.5. The average molecular weight is 396 g/mol. The van der Waals surface area contributed by atoms with Gasteiger partial charge in [0.05, 0.1) is 19.3 Å². The highest BCUT2D eigenvalue weighted by atomic mass is 35.5. The summed E-state index contributed by atoms with van der Waals surface area (Å²) in [6.07, 6.45) is 0.0917. The molecule has 0 saturated carbocycles. The standard InChI is InChI=1S/C20H23Cl2NO3/c1-4-25-19-8-6-14(9-16(19)12-26-13(2)3)20(24)23-11-15-5-7-17(21)10-18(15)22/h5-10,13H,4,11-12H2,1-3H3,(H,23,24). The minimum absolute atomic E-state index is 0.0917. The lowest BCUT2D eigenvalue weighted by Crippen LogP contribution is -2.23. The van der Waals surface area contributed by atoms with Crippen molar-refractivity contribution in [3.63, 3.8) is 0 Å². The molecule has 0 unspecified atom stereocenters. The Morgan fingerprint density at radius 1 is 1.12 bits per heavy atom. The molecule has 0 saturated heterocycles. The number of ether oxygens (including phenoxy) is 2. The molecule has 0 atom stereocenters. The van der Waals surface area contributed by atoms with Gasteiger partial charge in [-0.3, -0.25) is 4.79 Å². The van der Waals surface area contributed by atoms with Gasteiger partial charge in [-0.25, -0.2) is 0 Å². The molecule has 0 aliphatic heterocycles. The number of hydrogen-bond acceptors (Lipinski definition) is 3. The summed E-state index contributed by atoms with van der Waals surface area (Å²) < 4.78 is 11.3. The molecule has 0 aliphatic carbocycles. The Hall–Kier alpha value is -1.75. The molecule has 0 spiro atoms. The summed E-state index contributed by atoms with van der Waals surface area (Å²) in [4.78, 5) is 12.5. The first-order chi connectivity index (χ1) is 12.4. The van der Waals surface area contributed by atoms with Gasteiger partial charge < -0.3 is 14.8 Å². The molecule has 1 amide bonds. The molecule has 0 bridgehead atoms. The normalized spacial score (nSPS) is 10.8. The van der Waals surface area contributed by atoms with Crippen LogP contribution in [0.15, 0.2) is 36.4 Å². The fourth-order valence-corrected chi connectivity index (χ4v) is 2.80. The molecular weight excluding hydrogens is 373 g/mol. The first-order valence-electron chi connectivity index (χ1n) is 8.50. The van der Waals surface area contributed by atoms with Crippen molar-refractivity contribution >= 4 is 29.1 Å². The van der Waals surface area contributed by atoms with E-state index in [-0.39, 0.29) is 12.0 Å². The minimum atomic E-state index is -0.190. The second-order valence-corrected chi connectivity index (χ2v) is 6.88. The lowest BCUT2D eigenvalue weighted by atomic mass is 10.1. The van der Waals surface area contributed by atoms with E-state index in [0.717, 1.165) is 16.9 Å². The SMILES string of the molecule is CCOc1ccc(C(=O)NCc2ccc(Cl)cc2Cl)cc1COC(C)C. The van der Waals surface area contributed by atoms with E-state index in [1.165, 1.54) is 0 Å². The third-order valence-electron chi connectivity index (χ3n) is 3.65. The zero-order valence-corrected chi connectivity index (χ0v) is 16.7. The molecule has 0 heterocycles. The summed E-state index contributed by atoms with van der Waals surface area (Å²) in [6, 6.07) is 10.5. The predicted octanol–water partition coefficient (Wildman–Crippen LogP) is 5.25. The average Bonchev–Trinajstić information content (AvgIpc) is 2.60. The fourth-order valence-electron chi connectivity index (χ4n) is 2.33. The Labute approximate surface area is 164 Å². The Morgan fingerprint density at radius 2 is 1.88 bits per heavy atom. The van der Waals surface area contributed by atoms with E-state index in [2.05, 4.69) is 5.32 Å². The number of hydrogen-bond donors (Lipinski definition) is 1. The van der Waals surface area contributed by atoms with E-state index in [4.69, 9.17) is 32.7 Å². The summed E-state index contributed by atoms with van der Waals surface area (Å²) in [6.45, 7) is 7.11. The van der Waals surface area contributed by atoms with Crippen LogP contribution in [0, 0.1) is 0 Å². The van der Waals surface area contributed by atoms with Crippen molar-refractivity contribution in [1.29, 1.82) is 0 Å². The largest absolute Gasteiger partial charge is 0.494 e. The summed E-state index contributed by atoms with van der Waals surface area (Å²) in [7, 11) is 0. The van der Waals surface area contributed by atoms with Crippen LogP contribution in [0.25, 0.3) is 0 Å². The molecule has 1 N–H and O–H groups in total. The Balaban J connectivity index is 2.10. The number of carbonyl (C=O) groups excluding carboxylic acids is 1. The first-order valence-corrected chi connectivity index (χ1v) is 9.25. The molecule has 0 aliphatic rings. The van der Waals surface area contributed by atoms with Crippen molar-refractivity contribution < 1.29 is 14.3 Å². The quantitative estimate of drug-likeness (QED) is 0.663. The van der Waals surface area contributed by atoms with Gasteiger partial charge in [-0.15, -0.1) is 0 Å². The van der Waals surface area contributed by atoms with Gasteiger partial charge in [0.25, 0.3) is 5.91 Å². The van der Waals surface area contributed by atoms with Crippen molar-refractivity contribution in [1.82, 2.24) is 5.32 Å². The molecular formula is C20H23Cl2NO3. The predicted molar refractivity (Wildman–Crippen MR) is 105 cm³/mol. The van der Waals surface area contributed by atoms with Crippen LogP contribution >= 0.6 is 23.2 Å². The number of amides is 1. The summed E-state index contributed by atoms with van der Waals surface area (Å²) >= 11 is 12.0. The van der Waals surface area contributed by atoms with Crippen molar-refractivity contribution in [2.24, 2.45) is 0 Å². The van der Waals surface area contributed by atoms with E-state index < -0.39 is 0 Å². The third-order valence-corrected chi connectivity index (χ3v) is 4.24. The smallest absolute Gasteiger partial charge is 0.251 e. The molecule has 0 fully saturated rings. The molecule has 2 rings (SSSR count). The topological polar surface area (TPSA) is 47.6 Å². The van der Waals surface area contributed by atoms with Crippen LogP contribution in [0.4, 0.5) is 0 Å². The Morgan fingerprint density at radius 3 is 2.54 bits per heavy atom. The number of benzene rings is 2. The van der Waals surface area contributed by atoms with Gasteiger partial charge in [-0.05, 0) is 56.7 Å². The summed E-state index contributed by atoms with van der Waals surface area (Å²) in [5.41, 5.74) is 2.19. The number of rotatable bonds is 8. The van der Waals surface area contributed by atoms with Gasteiger partial charge in [0.1, 0.15) is 5.75 Å². The van der Waals surface area contributed by atoms with Gasteiger partial charge >= 0.3 is 0 Å². The first kappa shape index (κ1) is 20.6. The Kier molecular flexibility index (Phi) is 7.76. The van der Waals surface area contributed by atoms with Gasteiger partial charge in [-0.2, -0.15) is 0 Å². The number of nitrogens with one attached hydrogen (secondary N) is 1. The molecule has 26 heavy (non-hydrogen) atoms. The van der Waals surface area contributed by atoms with Crippen LogP contribution in [0.5, 0.6) is 5.75 Å². The van der Waals surface area contributed by atoms with E-state index in [1.54, 1.807) is 36.4 Å². The zero-order chi connectivity index (χ0) is 19.1. The lowest BCUT2D eigenvalue weighted by molar-refractivity contribution is 0.0641. The van der Waals surface area contributed by atoms with Crippen LogP contribution in [0.3, 0.4) is 0 Å². The lowest BCUT2D eigenvalue weighted by Gasteiger charge is -2.14.